The van der Waals surface area contributed by atoms with Crippen LogP contribution in [-0.2, 0) is 20.9 Å². The number of carbonyl (C=O) groups is 2. The van der Waals surface area contributed by atoms with Gasteiger partial charge in [-0.05, 0) is 24.3 Å². The van der Waals surface area contributed by atoms with Crippen molar-refractivity contribution in [3.8, 4) is 0 Å². The number of carbonyl (C=O) groups excluding carboxylic acids is 2. The second-order valence-corrected chi connectivity index (χ2v) is 4.39. The van der Waals surface area contributed by atoms with E-state index < -0.39 is 29.6 Å². The number of methoxy groups -OCH3 is 1. The van der Waals surface area contributed by atoms with Crippen LogP contribution in [0.3, 0.4) is 0 Å². The molecule has 0 radical (unpaired) electrons. The van der Waals surface area contributed by atoms with Gasteiger partial charge in [0, 0.05) is 18.0 Å². The Morgan fingerprint density at radius 1 is 1.41 bits per heavy atom. The summed E-state index contributed by atoms with van der Waals surface area (Å²) in [5, 5.41) is 6.15. The van der Waals surface area contributed by atoms with Gasteiger partial charge in [-0.1, -0.05) is 0 Å². The summed E-state index contributed by atoms with van der Waals surface area (Å²) in [6, 6.07) is 2.81. The molecule has 0 saturated heterocycles. The number of rotatable bonds is 5. The smallest absolute Gasteiger partial charge is 0.333 e. The van der Waals surface area contributed by atoms with Crippen LogP contribution >= 0.6 is 0 Å². The summed E-state index contributed by atoms with van der Waals surface area (Å²) in [4.78, 5) is 23.7. The number of esters is 1. The Kier molecular flexibility index (Phi) is 4.82. The predicted molar refractivity (Wildman–Crippen MR) is 71.5 cm³/mol. The first-order valence-electron chi connectivity index (χ1n) is 6.31. The Morgan fingerprint density at radius 2 is 2.18 bits per heavy atom. The van der Waals surface area contributed by atoms with Crippen LogP contribution in [-0.4, -0.2) is 28.8 Å². The molecule has 1 aromatic carbocycles. The number of hydrogen-bond acceptors (Lipinski definition) is 4. The van der Waals surface area contributed by atoms with Crippen LogP contribution < -0.4 is 5.32 Å². The molecular formula is C14H13F2N3O3. The minimum Gasteiger partial charge on any atom is -0.467 e. The molecule has 8 heteroatoms. The normalized spacial score (nSPS) is 11.8. The molecule has 1 aromatic heterocycles. The van der Waals surface area contributed by atoms with Gasteiger partial charge in [-0.25, -0.2) is 13.6 Å². The van der Waals surface area contributed by atoms with Crippen LogP contribution in [0.25, 0.3) is 0 Å². The van der Waals surface area contributed by atoms with Crippen molar-refractivity contribution in [3.05, 3.63) is 53.9 Å². The van der Waals surface area contributed by atoms with Crippen LogP contribution in [0.5, 0.6) is 0 Å². The van der Waals surface area contributed by atoms with Gasteiger partial charge in [0.2, 0.25) is 5.91 Å². The summed E-state index contributed by atoms with van der Waals surface area (Å²) in [7, 11) is 1.09. The van der Waals surface area contributed by atoms with E-state index >= 15 is 0 Å². The van der Waals surface area contributed by atoms with Crippen molar-refractivity contribution >= 4 is 11.9 Å². The lowest BCUT2D eigenvalue weighted by Gasteiger charge is -2.17. The third-order valence-corrected chi connectivity index (χ3v) is 2.88. The van der Waals surface area contributed by atoms with Crippen molar-refractivity contribution in [2.75, 3.05) is 7.11 Å². The van der Waals surface area contributed by atoms with Crippen molar-refractivity contribution in [1.82, 2.24) is 15.1 Å². The molecule has 6 nitrogen and oxygen atoms in total. The van der Waals surface area contributed by atoms with E-state index in [0.29, 0.717) is 0 Å². The fourth-order valence-electron chi connectivity index (χ4n) is 1.87. The van der Waals surface area contributed by atoms with Crippen molar-refractivity contribution in [3.63, 3.8) is 0 Å². The van der Waals surface area contributed by atoms with Crippen LogP contribution in [0, 0.1) is 11.6 Å². The zero-order valence-electron chi connectivity index (χ0n) is 11.6. The van der Waals surface area contributed by atoms with Crippen molar-refractivity contribution < 1.29 is 23.1 Å². The Balaban J connectivity index is 2.21. The molecule has 1 heterocycles. The third kappa shape index (κ3) is 3.66. The summed E-state index contributed by atoms with van der Waals surface area (Å²) in [6.07, 6.45) is 3.03. The van der Waals surface area contributed by atoms with Crippen molar-refractivity contribution in [1.29, 1.82) is 0 Å². The van der Waals surface area contributed by atoms with Crippen LogP contribution in [0.4, 0.5) is 8.78 Å². The number of amides is 1. The SMILES string of the molecule is COC(=O)[C@H](NC(=O)Cn1cccn1)c1cc(F)ccc1F. The van der Waals surface area contributed by atoms with E-state index in [1.165, 1.54) is 10.9 Å². The van der Waals surface area contributed by atoms with E-state index in [2.05, 4.69) is 15.2 Å². The van der Waals surface area contributed by atoms with E-state index in [1.54, 1.807) is 12.3 Å². The topological polar surface area (TPSA) is 73.2 Å². The molecule has 22 heavy (non-hydrogen) atoms. The second kappa shape index (κ2) is 6.79. The highest BCUT2D eigenvalue weighted by Gasteiger charge is 2.27. The van der Waals surface area contributed by atoms with Crippen LogP contribution in [0.1, 0.15) is 11.6 Å². The van der Waals surface area contributed by atoms with Gasteiger partial charge in [0.25, 0.3) is 0 Å². The molecule has 1 atom stereocenters. The van der Waals surface area contributed by atoms with E-state index in [0.717, 1.165) is 25.3 Å². The number of nitrogens with zero attached hydrogens (tertiary/aromatic N) is 2. The van der Waals surface area contributed by atoms with Gasteiger partial charge in [-0.3, -0.25) is 9.48 Å². The molecule has 0 saturated carbocycles. The number of nitrogens with one attached hydrogen (secondary N) is 1. The maximum absolute atomic E-state index is 13.8. The first-order valence-corrected chi connectivity index (χ1v) is 6.31. The Morgan fingerprint density at radius 3 is 2.82 bits per heavy atom. The summed E-state index contributed by atoms with van der Waals surface area (Å²) in [6.45, 7) is -0.169. The van der Waals surface area contributed by atoms with Gasteiger partial charge >= 0.3 is 5.97 Å². The van der Waals surface area contributed by atoms with E-state index in [9.17, 15) is 18.4 Å². The molecular weight excluding hydrogens is 296 g/mol. The maximum Gasteiger partial charge on any atom is 0.333 e. The van der Waals surface area contributed by atoms with Gasteiger partial charge in [0.15, 0.2) is 6.04 Å². The maximum atomic E-state index is 13.8. The van der Waals surface area contributed by atoms with E-state index in [1.807, 2.05) is 0 Å². The second-order valence-electron chi connectivity index (χ2n) is 4.39. The summed E-state index contributed by atoms with van der Waals surface area (Å²) >= 11 is 0. The van der Waals surface area contributed by atoms with E-state index in [4.69, 9.17) is 0 Å². The first kappa shape index (κ1) is 15.6. The lowest BCUT2D eigenvalue weighted by molar-refractivity contribution is -0.145. The minimum atomic E-state index is -1.44. The highest BCUT2D eigenvalue weighted by Crippen LogP contribution is 2.19. The molecule has 0 bridgehead atoms. The Labute approximate surface area is 124 Å². The number of ether oxygens (including phenoxy) is 1. The number of aromatic nitrogens is 2. The van der Waals surface area contributed by atoms with Crippen molar-refractivity contribution in [2.45, 2.75) is 12.6 Å². The fraction of sp³-hybridized carbons (Fsp3) is 0.214. The molecule has 0 aliphatic rings. The monoisotopic (exact) mass is 309 g/mol. The van der Waals surface area contributed by atoms with E-state index in [-0.39, 0.29) is 12.1 Å². The zero-order valence-corrected chi connectivity index (χ0v) is 11.6. The standard InChI is InChI=1S/C14H13F2N3O3/c1-22-14(21)13(10-7-9(15)3-4-11(10)16)18-12(20)8-19-6-2-5-17-19/h2-7,13H,8H2,1H3,(H,18,20)/t13-/m1/s1. The number of halogens is 2. The highest BCUT2D eigenvalue weighted by atomic mass is 19.1. The Bertz CT molecular complexity index is 674. The average molecular weight is 309 g/mol. The summed E-state index contributed by atoms with van der Waals surface area (Å²) in [5.74, 6) is -3.05. The largest absolute Gasteiger partial charge is 0.467 e. The first-order chi connectivity index (χ1) is 10.5. The molecule has 1 amide bonds. The van der Waals surface area contributed by atoms with Gasteiger partial charge in [0.1, 0.15) is 18.2 Å². The molecule has 2 aromatic rings. The number of benzene rings is 1. The molecule has 0 aliphatic heterocycles. The molecule has 0 spiro atoms. The van der Waals surface area contributed by atoms with Gasteiger partial charge < -0.3 is 10.1 Å². The van der Waals surface area contributed by atoms with Crippen LogP contribution in [0.15, 0.2) is 36.7 Å². The summed E-state index contributed by atoms with van der Waals surface area (Å²) < 4.78 is 32.9. The molecule has 0 unspecified atom stereocenters. The predicted octanol–water partition coefficient (Wildman–Crippen LogP) is 1.19. The quantitative estimate of drug-likeness (QED) is 0.842. The zero-order chi connectivity index (χ0) is 16.1. The number of hydrogen-bond donors (Lipinski definition) is 1. The van der Waals surface area contributed by atoms with Crippen LogP contribution in [0.2, 0.25) is 0 Å². The van der Waals surface area contributed by atoms with Crippen molar-refractivity contribution in [2.24, 2.45) is 0 Å². The molecule has 116 valence electrons. The lowest BCUT2D eigenvalue weighted by Crippen LogP contribution is -2.37. The molecule has 0 aliphatic carbocycles. The molecule has 2 rings (SSSR count). The summed E-state index contributed by atoms with van der Waals surface area (Å²) in [5.41, 5.74) is -0.305. The fourth-order valence-corrected chi connectivity index (χ4v) is 1.87. The van der Waals surface area contributed by atoms with Gasteiger partial charge in [-0.15, -0.1) is 0 Å². The molecule has 1 N–H and O–H groups in total. The van der Waals surface area contributed by atoms with Gasteiger partial charge in [-0.2, -0.15) is 5.10 Å². The van der Waals surface area contributed by atoms with Gasteiger partial charge in [0.05, 0.1) is 7.11 Å². The average Bonchev–Trinajstić information content (AvgIpc) is 2.99. The third-order valence-electron chi connectivity index (χ3n) is 2.88. The minimum absolute atomic E-state index is 0.169. The molecule has 0 fully saturated rings. The Hall–Kier alpha value is -2.77. The highest BCUT2D eigenvalue weighted by molar-refractivity contribution is 5.85. The lowest BCUT2D eigenvalue weighted by atomic mass is 10.1.